The molecule has 0 radical (unpaired) electrons. The van der Waals surface area contributed by atoms with Gasteiger partial charge in [0.1, 0.15) is 23.5 Å². The zero-order valence-corrected chi connectivity index (χ0v) is 18.2. The normalized spacial score (nSPS) is 18.7. The molecular weight excluding hydrogens is 423 g/mol. The Morgan fingerprint density at radius 2 is 2.03 bits per heavy atom. The fourth-order valence-corrected chi connectivity index (χ4v) is 3.55. The van der Waals surface area contributed by atoms with E-state index in [1.54, 1.807) is 25.1 Å². The molecule has 1 fully saturated rings. The molecule has 0 bridgehead atoms. The highest BCUT2D eigenvalue weighted by Gasteiger charge is 2.42. The van der Waals surface area contributed by atoms with Crippen LogP contribution in [0.4, 0.5) is 24.8 Å². The van der Waals surface area contributed by atoms with Gasteiger partial charge >= 0.3 is 0 Å². The molecule has 0 aromatic carbocycles. The summed E-state index contributed by atoms with van der Waals surface area (Å²) in [6.45, 7) is 3.75. The van der Waals surface area contributed by atoms with Crippen molar-refractivity contribution in [3.8, 4) is 0 Å². The van der Waals surface area contributed by atoms with Gasteiger partial charge in [-0.3, -0.25) is 9.59 Å². The first-order valence-corrected chi connectivity index (χ1v) is 10.3. The Kier molecular flexibility index (Phi) is 7.00. The zero-order valence-electron chi connectivity index (χ0n) is 18.2. The van der Waals surface area contributed by atoms with Gasteiger partial charge in [-0.25, -0.2) is 23.1 Å². The SMILES string of the molecule is CC(=O)NC[C@H]1CCC(F)(F)CN1C(=O)c1nc(Nc2cc(C(C)F)ccn2)ccc1C. The number of anilines is 2. The first-order chi connectivity index (χ1) is 15.1. The van der Waals surface area contributed by atoms with Crippen LogP contribution in [0.25, 0.3) is 0 Å². The highest BCUT2D eigenvalue weighted by atomic mass is 19.3. The van der Waals surface area contributed by atoms with E-state index in [0.717, 1.165) is 4.90 Å². The van der Waals surface area contributed by atoms with Crippen LogP contribution < -0.4 is 10.6 Å². The molecule has 2 aromatic heterocycles. The molecule has 172 valence electrons. The quantitative estimate of drug-likeness (QED) is 0.698. The molecule has 1 saturated heterocycles. The lowest BCUT2D eigenvalue weighted by Crippen LogP contribution is -2.55. The number of pyridine rings is 2. The van der Waals surface area contributed by atoms with Gasteiger partial charge in [0.25, 0.3) is 11.8 Å². The number of carbonyl (C=O) groups excluding carboxylic acids is 2. The molecule has 2 N–H and O–H groups in total. The third-order valence-corrected chi connectivity index (χ3v) is 5.33. The van der Waals surface area contributed by atoms with Crippen LogP contribution in [0.2, 0.25) is 0 Å². The summed E-state index contributed by atoms with van der Waals surface area (Å²) < 4.78 is 41.8. The van der Waals surface area contributed by atoms with Crippen molar-refractivity contribution in [2.24, 2.45) is 0 Å². The molecule has 1 unspecified atom stereocenters. The van der Waals surface area contributed by atoms with Gasteiger partial charge in [-0.05, 0) is 49.6 Å². The van der Waals surface area contributed by atoms with E-state index in [1.807, 2.05) is 0 Å². The summed E-state index contributed by atoms with van der Waals surface area (Å²) in [6.07, 6.45) is -0.0165. The lowest BCUT2D eigenvalue weighted by atomic mass is 9.98. The van der Waals surface area contributed by atoms with Crippen molar-refractivity contribution in [3.63, 3.8) is 0 Å². The predicted octanol–water partition coefficient (Wildman–Crippen LogP) is 3.94. The van der Waals surface area contributed by atoms with Crippen LogP contribution >= 0.6 is 0 Å². The van der Waals surface area contributed by atoms with Gasteiger partial charge in [-0.15, -0.1) is 0 Å². The molecule has 7 nitrogen and oxygen atoms in total. The largest absolute Gasteiger partial charge is 0.354 e. The van der Waals surface area contributed by atoms with E-state index in [9.17, 15) is 22.8 Å². The highest BCUT2D eigenvalue weighted by molar-refractivity contribution is 5.94. The number of piperidine rings is 1. The van der Waals surface area contributed by atoms with E-state index in [1.165, 1.54) is 26.1 Å². The summed E-state index contributed by atoms with van der Waals surface area (Å²) in [5, 5.41) is 5.53. The van der Waals surface area contributed by atoms with Gasteiger partial charge in [0, 0.05) is 32.1 Å². The molecule has 2 atom stereocenters. The Balaban J connectivity index is 1.86. The Morgan fingerprint density at radius 3 is 2.72 bits per heavy atom. The van der Waals surface area contributed by atoms with Crippen molar-refractivity contribution in [2.75, 3.05) is 18.4 Å². The molecule has 2 aromatic rings. The fourth-order valence-electron chi connectivity index (χ4n) is 3.55. The lowest BCUT2D eigenvalue weighted by molar-refractivity contribution is -0.119. The second kappa shape index (κ2) is 9.54. The first-order valence-electron chi connectivity index (χ1n) is 10.3. The monoisotopic (exact) mass is 449 g/mol. The summed E-state index contributed by atoms with van der Waals surface area (Å²) in [7, 11) is 0. The van der Waals surface area contributed by atoms with Crippen molar-refractivity contribution in [1.29, 1.82) is 0 Å². The summed E-state index contributed by atoms with van der Waals surface area (Å²) in [4.78, 5) is 34.1. The Bertz CT molecular complexity index is 999. The van der Waals surface area contributed by atoms with Crippen LogP contribution in [-0.2, 0) is 4.79 Å². The van der Waals surface area contributed by atoms with E-state index < -0.39 is 30.6 Å². The number of hydrogen-bond donors (Lipinski definition) is 2. The molecule has 1 aliphatic heterocycles. The number of amides is 2. The highest BCUT2D eigenvalue weighted by Crippen LogP contribution is 2.31. The van der Waals surface area contributed by atoms with Crippen LogP contribution in [0.5, 0.6) is 0 Å². The minimum atomic E-state index is -3.01. The Labute approximate surface area is 184 Å². The number of aryl methyl sites for hydroxylation is 1. The van der Waals surface area contributed by atoms with Gasteiger partial charge in [-0.2, -0.15) is 0 Å². The van der Waals surface area contributed by atoms with Gasteiger partial charge in [0.15, 0.2) is 0 Å². The third kappa shape index (κ3) is 5.74. The van der Waals surface area contributed by atoms with Gasteiger partial charge in [0.2, 0.25) is 5.91 Å². The number of halogens is 3. The van der Waals surface area contributed by atoms with Crippen molar-refractivity contribution < 1.29 is 22.8 Å². The van der Waals surface area contributed by atoms with E-state index in [4.69, 9.17) is 0 Å². The average Bonchev–Trinajstić information content (AvgIpc) is 2.73. The van der Waals surface area contributed by atoms with Crippen LogP contribution in [-0.4, -0.2) is 51.7 Å². The van der Waals surface area contributed by atoms with Crippen molar-refractivity contribution in [1.82, 2.24) is 20.2 Å². The van der Waals surface area contributed by atoms with Crippen LogP contribution in [0.1, 0.15) is 54.5 Å². The lowest BCUT2D eigenvalue weighted by Gasteiger charge is -2.39. The van der Waals surface area contributed by atoms with E-state index in [-0.39, 0.29) is 36.8 Å². The fraction of sp³-hybridized carbons (Fsp3) is 0.455. The van der Waals surface area contributed by atoms with Gasteiger partial charge in [0.05, 0.1) is 6.54 Å². The maximum absolute atomic E-state index is 14.1. The number of nitrogens with zero attached hydrogens (tertiary/aromatic N) is 3. The number of hydrogen-bond acceptors (Lipinski definition) is 5. The molecule has 3 heterocycles. The standard InChI is InChI=1S/C22H26F3N5O2/c1-13-4-5-18(28-19-10-16(14(2)23)7-9-26-19)29-20(13)21(32)30-12-22(24,25)8-6-17(30)11-27-15(3)31/h4-5,7,9-10,14,17H,6,8,11-12H2,1-3H3,(H,27,31)(H,26,28,29)/t14?,17-/m1/s1. The smallest absolute Gasteiger partial charge is 0.273 e. The molecule has 10 heteroatoms. The second-order valence-corrected chi connectivity index (χ2v) is 8.00. The predicted molar refractivity (Wildman–Crippen MR) is 114 cm³/mol. The number of alkyl halides is 3. The molecule has 0 saturated carbocycles. The molecule has 0 aliphatic carbocycles. The number of carbonyl (C=O) groups is 2. The molecular formula is C22H26F3N5O2. The Morgan fingerprint density at radius 1 is 1.28 bits per heavy atom. The molecule has 32 heavy (non-hydrogen) atoms. The molecule has 0 spiro atoms. The average molecular weight is 449 g/mol. The minimum Gasteiger partial charge on any atom is -0.354 e. The van der Waals surface area contributed by atoms with E-state index in [2.05, 4.69) is 20.6 Å². The van der Waals surface area contributed by atoms with Crippen molar-refractivity contribution >= 4 is 23.5 Å². The molecule has 1 aliphatic rings. The van der Waals surface area contributed by atoms with Crippen molar-refractivity contribution in [2.45, 2.75) is 51.7 Å². The van der Waals surface area contributed by atoms with Crippen molar-refractivity contribution in [3.05, 3.63) is 47.3 Å². The zero-order chi connectivity index (χ0) is 23.5. The summed E-state index contributed by atoms with van der Waals surface area (Å²) in [5.74, 6) is -3.33. The first kappa shape index (κ1) is 23.5. The number of nitrogens with one attached hydrogen (secondary N) is 2. The maximum atomic E-state index is 14.1. The second-order valence-electron chi connectivity index (χ2n) is 8.00. The van der Waals surface area contributed by atoms with E-state index >= 15 is 0 Å². The van der Waals surface area contributed by atoms with Gasteiger partial charge < -0.3 is 15.5 Å². The minimum absolute atomic E-state index is 0.0236. The number of aromatic nitrogens is 2. The molecule has 3 rings (SSSR count). The third-order valence-electron chi connectivity index (χ3n) is 5.33. The number of likely N-dealkylation sites (tertiary alicyclic amines) is 1. The number of rotatable bonds is 6. The summed E-state index contributed by atoms with van der Waals surface area (Å²) >= 11 is 0. The maximum Gasteiger partial charge on any atom is 0.273 e. The topological polar surface area (TPSA) is 87.2 Å². The molecule has 2 amide bonds. The summed E-state index contributed by atoms with van der Waals surface area (Å²) in [6, 6.07) is 5.79. The Hall–Kier alpha value is -3.17. The van der Waals surface area contributed by atoms with Crippen LogP contribution in [0.3, 0.4) is 0 Å². The van der Waals surface area contributed by atoms with Gasteiger partial charge in [-0.1, -0.05) is 6.07 Å². The van der Waals surface area contributed by atoms with Crippen LogP contribution in [0.15, 0.2) is 30.5 Å². The summed E-state index contributed by atoms with van der Waals surface area (Å²) in [5.41, 5.74) is 0.976. The van der Waals surface area contributed by atoms with E-state index in [0.29, 0.717) is 16.9 Å². The van der Waals surface area contributed by atoms with Crippen LogP contribution in [0, 0.1) is 6.92 Å².